The van der Waals surface area contributed by atoms with Gasteiger partial charge < -0.3 is 4.90 Å². The topological polar surface area (TPSA) is 37.4 Å². The average Bonchev–Trinajstić information content (AvgIpc) is 3.77. The Morgan fingerprint density at radius 3 is 2.44 bits per heavy atom. The van der Waals surface area contributed by atoms with Crippen molar-refractivity contribution in [3.8, 4) is 0 Å². The first-order valence-corrected chi connectivity index (χ1v) is 16.8. The number of benzene rings is 1. The molecule has 1 aliphatic heterocycles. The third-order valence-electron chi connectivity index (χ3n) is 10.6. The van der Waals surface area contributed by atoms with E-state index in [0.29, 0.717) is 30.1 Å². The van der Waals surface area contributed by atoms with Crippen molar-refractivity contribution in [1.82, 2.24) is 4.90 Å². The van der Waals surface area contributed by atoms with E-state index >= 15 is 0 Å². The molecule has 3 heteroatoms. The van der Waals surface area contributed by atoms with Crippen LogP contribution in [0, 0.1) is 17.3 Å². The Hall–Kier alpha value is -2.42. The van der Waals surface area contributed by atoms with Gasteiger partial charge >= 0.3 is 0 Å². The minimum absolute atomic E-state index is 0.0393. The normalized spacial score (nSPS) is 26.2. The summed E-state index contributed by atoms with van der Waals surface area (Å²) in [5, 5.41) is 0. The molecule has 222 valence electrons. The molecule has 3 aliphatic carbocycles. The van der Waals surface area contributed by atoms with Crippen molar-refractivity contribution < 1.29 is 9.59 Å². The van der Waals surface area contributed by atoms with Gasteiger partial charge in [0.25, 0.3) is 0 Å². The van der Waals surface area contributed by atoms with Gasteiger partial charge in [-0.1, -0.05) is 100 Å². The molecule has 0 aromatic heterocycles. The molecule has 5 rings (SSSR count). The highest BCUT2D eigenvalue weighted by Gasteiger charge is 2.46. The highest BCUT2D eigenvalue weighted by Crippen LogP contribution is 2.50. The van der Waals surface area contributed by atoms with Crippen LogP contribution < -0.4 is 0 Å². The number of hydrogen-bond donors (Lipinski definition) is 0. The van der Waals surface area contributed by atoms with Crippen LogP contribution in [0.3, 0.4) is 0 Å². The Morgan fingerprint density at radius 1 is 0.976 bits per heavy atom. The number of amides is 1. The summed E-state index contributed by atoms with van der Waals surface area (Å²) >= 11 is 0. The first-order valence-electron chi connectivity index (χ1n) is 16.8. The van der Waals surface area contributed by atoms with Crippen molar-refractivity contribution in [2.75, 3.05) is 13.1 Å². The first kappa shape index (κ1) is 30.1. The number of carbonyl (C=O) groups excluding carboxylic acids is 2. The number of unbranched alkanes of at least 4 members (excludes halogenated alkanes) is 2. The molecule has 1 aromatic rings. The first-order chi connectivity index (χ1) is 19.8. The van der Waals surface area contributed by atoms with Gasteiger partial charge in [0.2, 0.25) is 5.91 Å². The number of allylic oxidation sites excluding steroid dienone is 4. The van der Waals surface area contributed by atoms with Crippen molar-refractivity contribution in [2.45, 2.75) is 124 Å². The third kappa shape index (κ3) is 6.81. The Kier molecular flexibility index (Phi) is 9.72. The van der Waals surface area contributed by atoms with Crippen molar-refractivity contribution in [3.05, 3.63) is 69.8 Å². The fraction of sp³-hybridized carbons (Fsp3) is 0.632. The molecule has 0 bridgehead atoms. The largest absolute Gasteiger partial charge is 0.342 e. The summed E-state index contributed by atoms with van der Waals surface area (Å²) in [4.78, 5) is 29.6. The van der Waals surface area contributed by atoms with Crippen LogP contribution in [0.25, 0.3) is 0 Å². The van der Waals surface area contributed by atoms with Gasteiger partial charge in [-0.3, -0.25) is 9.59 Å². The van der Waals surface area contributed by atoms with Crippen molar-refractivity contribution in [1.29, 1.82) is 0 Å². The van der Waals surface area contributed by atoms with Gasteiger partial charge in [-0.05, 0) is 92.9 Å². The number of Topliss-reactive ketones (excluding diaryl/α,β-unsaturated/α-hetero) is 1. The monoisotopic (exact) mass is 555 g/mol. The molecule has 1 heterocycles. The second kappa shape index (κ2) is 13.3. The fourth-order valence-electron chi connectivity index (χ4n) is 7.82. The average molecular weight is 556 g/mol. The van der Waals surface area contributed by atoms with E-state index in [9.17, 15) is 9.59 Å². The number of ketones is 1. The van der Waals surface area contributed by atoms with Crippen molar-refractivity contribution in [2.24, 2.45) is 17.3 Å². The minimum Gasteiger partial charge on any atom is -0.342 e. The van der Waals surface area contributed by atoms with Crippen molar-refractivity contribution >= 4 is 11.7 Å². The molecule has 1 amide bonds. The molecule has 0 N–H and O–H groups in total. The van der Waals surface area contributed by atoms with E-state index in [1.165, 1.54) is 42.4 Å². The molecule has 41 heavy (non-hydrogen) atoms. The van der Waals surface area contributed by atoms with Crippen LogP contribution >= 0.6 is 0 Å². The fourth-order valence-corrected chi connectivity index (χ4v) is 7.82. The Labute approximate surface area is 249 Å². The smallest absolute Gasteiger partial charge is 0.226 e. The highest BCUT2D eigenvalue weighted by atomic mass is 16.2. The highest BCUT2D eigenvalue weighted by molar-refractivity contribution is 6.01. The van der Waals surface area contributed by atoms with Gasteiger partial charge in [-0.25, -0.2) is 0 Å². The molecule has 1 saturated carbocycles. The predicted molar refractivity (Wildman–Crippen MR) is 170 cm³/mol. The van der Waals surface area contributed by atoms with Crippen LogP contribution in [0.2, 0.25) is 0 Å². The molecule has 0 spiro atoms. The van der Waals surface area contributed by atoms with E-state index < -0.39 is 0 Å². The van der Waals surface area contributed by atoms with E-state index in [1.807, 2.05) is 0 Å². The van der Waals surface area contributed by atoms with E-state index in [1.54, 1.807) is 11.1 Å². The molecular formula is C38H53NO2. The zero-order valence-corrected chi connectivity index (χ0v) is 26.3. The van der Waals surface area contributed by atoms with E-state index in [2.05, 4.69) is 69.0 Å². The standard InChI is InChI=1S/C38H53NO2/c1-5-7-9-14-28-24-31(37(41)39-21-12-17-30(18-22-39)36(40)38(4)19-20-38)26-33-27(3)23-35(33)32(13-6-2)34(25-28)29-15-10-8-11-16-29/h8,10-11,15-17,28,31,34H,5-7,9,12-14,18-26H2,1-4H3. The summed E-state index contributed by atoms with van der Waals surface area (Å²) in [6.07, 6.45) is 17.1. The lowest BCUT2D eigenvalue weighted by Gasteiger charge is -2.33. The SMILES string of the molecule is CCCCCC1CC(C(=O)N2CCC=C(C(=O)C3(C)CC3)CC2)CC2=C(C)CC2=C(CCC)C(c2ccccc2)C1. The maximum Gasteiger partial charge on any atom is 0.226 e. The van der Waals surface area contributed by atoms with Crippen molar-refractivity contribution in [3.63, 3.8) is 0 Å². The van der Waals surface area contributed by atoms with Crippen LogP contribution in [0.5, 0.6) is 0 Å². The summed E-state index contributed by atoms with van der Waals surface area (Å²) in [6, 6.07) is 11.2. The molecule has 0 radical (unpaired) electrons. The van der Waals surface area contributed by atoms with Crippen LogP contribution in [-0.2, 0) is 9.59 Å². The minimum atomic E-state index is -0.128. The second-order valence-corrected chi connectivity index (χ2v) is 13.9. The lowest BCUT2D eigenvalue weighted by Crippen LogP contribution is -2.38. The zero-order valence-electron chi connectivity index (χ0n) is 26.3. The summed E-state index contributed by atoms with van der Waals surface area (Å²) in [5.74, 6) is 1.72. The summed E-state index contributed by atoms with van der Waals surface area (Å²) in [7, 11) is 0. The lowest BCUT2D eigenvalue weighted by atomic mass is 9.72. The predicted octanol–water partition coefficient (Wildman–Crippen LogP) is 9.50. The summed E-state index contributed by atoms with van der Waals surface area (Å²) < 4.78 is 0. The Balaban J connectivity index is 1.41. The number of hydrogen-bond acceptors (Lipinski definition) is 2. The third-order valence-corrected chi connectivity index (χ3v) is 10.6. The quantitative estimate of drug-likeness (QED) is 0.270. The maximum atomic E-state index is 14.4. The van der Waals surface area contributed by atoms with Gasteiger partial charge in [0.15, 0.2) is 5.78 Å². The van der Waals surface area contributed by atoms with Gasteiger partial charge in [0.1, 0.15) is 0 Å². The van der Waals surface area contributed by atoms with E-state index in [4.69, 9.17) is 0 Å². The molecule has 3 nitrogen and oxygen atoms in total. The molecule has 4 aliphatic rings. The molecular weight excluding hydrogens is 502 g/mol. The van der Waals surface area contributed by atoms with Crippen LogP contribution in [0.1, 0.15) is 129 Å². The Bertz CT molecular complexity index is 1200. The molecule has 1 aromatic carbocycles. The van der Waals surface area contributed by atoms with E-state index in [-0.39, 0.29) is 11.3 Å². The van der Waals surface area contributed by atoms with Crippen LogP contribution in [0.15, 0.2) is 64.3 Å². The van der Waals surface area contributed by atoms with Gasteiger partial charge in [-0.15, -0.1) is 0 Å². The molecule has 3 atom stereocenters. The van der Waals surface area contributed by atoms with Crippen LogP contribution in [0.4, 0.5) is 0 Å². The van der Waals surface area contributed by atoms with Gasteiger partial charge in [0.05, 0.1) is 0 Å². The summed E-state index contributed by atoms with van der Waals surface area (Å²) in [6.45, 7) is 10.4. The van der Waals surface area contributed by atoms with E-state index in [0.717, 1.165) is 76.3 Å². The van der Waals surface area contributed by atoms with Gasteiger partial charge in [-0.2, -0.15) is 0 Å². The lowest BCUT2D eigenvalue weighted by molar-refractivity contribution is -0.136. The van der Waals surface area contributed by atoms with Gasteiger partial charge in [0, 0.05) is 30.3 Å². The summed E-state index contributed by atoms with van der Waals surface area (Å²) in [5.41, 5.74) is 8.52. The Morgan fingerprint density at radius 2 is 1.76 bits per heavy atom. The number of carbonyl (C=O) groups is 2. The molecule has 3 unspecified atom stereocenters. The number of nitrogens with zero attached hydrogens (tertiary/aromatic N) is 1. The molecule has 1 fully saturated rings. The van der Waals surface area contributed by atoms with Crippen LogP contribution in [-0.4, -0.2) is 29.7 Å². The molecule has 0 saturated heterocycles. The number of fused-ring (bicyclic) bond motifs is 1. The zero-order chi connectivity index (χ0) is 29.0. The maximum absolute atomic E-state index is 14.4. The number of rotatable bonds is 10. The second-order valence-electron chi connectivity index (χ2n) is 13.9.